The average Bonchev–Trinajstić information content (AvgIpc) is 2.14. The molecule has 1 fully saturated rings. The van der Waals surface area contributed by atoms with Crippen LogP contribution in [0.3, 0.4) is 0 Å². The van der Waals surface area contributed by atoms with E-state index >= 15 is 0 Å². The van der Waals surface area contributed by atoms with Gasteiger partial charge in [0.05, 0.1) is 6.54 Å². The van der Waals surface area contributed by atoms with E-state index in [1.54, 1.807) is 6.08 Å². The summed E-state index contributed by atoms with van der Waals surface area (Å²) in [5.74, 6) is 0.648. The second-order valence-corrected chi connectivity index (χ2v) is 1.70. The summed E-state index contributed by atoms with van der Waals surface area (Å²) in [7, 11) is 0. The Labute approximate surface area is 48.8 Å². The Hall–Kier alpha value is -0.920. The highest BCUT2D eigenvalue weighted by Gasteiger charge is 2.12. The maximum atomic E-state index is 5.09. The lowest BCUT2D eigenvalue weighted by Gasteiger charge is -1.98. The lowest BCUT2D eigenvalue weighted by atomic mass is 10.4. The van der Waals surface area contributed by atoms with Crippen molar-refractivity contribution in [2.24, 2.45) is 0 Å². The molecule has 1 N–H and O–H groups in total. The molecule has 0 aromatic rings. The molecule has 0 amide bonds. The van der Waals surface area contributed by atoms with Crippen LogP contribution in [-0.4, -0.2) is 12.6 Å². The van der Waals surface area contributed by atoms with E-state index in [4.69, 9.17) is 4.74 Å². The van der Waals surface area contributed by atoms with Gasteiger partial charge in [-0.3, -0.25) is 0 Å². The van der Waals surface area contributed by atoms with Crippen molar-refractivity contribution < 1.29 is 4.74 Å². The van der Waals surface area contributed by atoms with Gasteiger partial charge in [-0.15, -0.1) is 0 Å². The first-order valence-corrected chi connectivity index (χ1v) is 2.55. The van der Waals surface area contributed by atoms with Crippen molar-refractivity contribution in [1.82, 2.24) is 5.32 Å². The van der Waals surface area contributed by atoms with Gasteiger partial charge in [-0.1, -0.05) is 6.58 Å². The third-order valence-electron chi connectivity index (χ3n) is 1.06. The van der Waals surface area contributed by atoms with E-state index in [-0.39, 0.29) is 6.10 Å². The monoisotopic (exact) mass is 111 g/mol. The third-order valence-corrected chi connectivity index (χ3v) is 1.06. The second kappa shape index (κ2) is 1.90. The molecule has 0 aromatic carbocycles. The zero-order chi connectivity index (χ0) is 5.98. The highest BCUT2D eigenvalue weighted by molar-refractivity contribution is 4.96. The lowest BCUT2D eigenvalue weighted by molar-refractivity contribution is 0.209. The first-order chi connectivity index (χ1) is 3.83. The normalized spacial score (nSPS) is 26.5. The molecule has 1 rings (SSSR count). The number of ether oxygens (including phenoxy) is 1. The van der Waals surface area contributed by atoms with Crippen molar-refractivity contribution in [3.63, 3.8) is 0 Å². The smallest absolute Gasteiger partial charge is 0.180 e. The van der Waals surface area contributed by atoms with Crippen LogP contribution in [0.15, 0.2) is 25.1 Å². The fourth-order valence-corrected chi connectivity index (χ4v) is 0.612. The molecule has 1 unspecified atom stereocenters. The van der Waals surface area contributed by atoms with Gasteiger partial charge in [-0.2, -0.15) is 0 Å². The lowest BCUT2D eigenvalue weighted by Crippen LogP contribution is -2.09. The van der Waals surface area contributed by atoms with Crippen molar-refractivity contribution in [2.75, 3.05) is 6.54 Å². The van der Waals surface area contributed by atoms with Gasteiger partial charge in [0.25, 0.3) is 0 Å². The van der Waals surface area contributed by atoms with Crippen molar-refractivity contribution in [2.45, 2.75) is 6.10 Å². The summed E-state index contributed by atoms with van der Waals surface area (Å²) >= 11 is 0. The summed E-state index contributed by atoms with van der Waals surface area (Å²) in [5.41, 5.74) is 0. The minimum Gasteiger partial charge on any atom is -0.470 e. The van der Waals surface area contributed by atoms with Gasteiger partial charge in [-0.25, -0.2) is 0 Å². The first kappa shape index (κ1) is 5.22. The van der Waals surface area contributed by atoms with Crippen LogP contribution in [0.5, 0.6) is 0 Å². The van der Waals surface area contributed by atoms with Crippen LogP contribution in [0.2, 0.25) is 0 Å². The molecule has 0 bridgehead atoms. The van der Waals surface area contributed by atoms with Crippen LogP contribution in [0.4, 0.5) is 0 Å². The highest BCUT2D eigenvalue weighted by Crippen LogP contribution is 2.05. The number of rotatable bonds is 1. The van der Waals surface area contributed by atoms with Crippen molar-refractivity contribution in [3.8, 4) is 0 Å². The van der Waals surface area contributed by atoms with E-state index in [1.807, 2.05) is 0 Å². The molecule has 2 heteroatoms. The van der Waals surface area contributed by atoms with Gasteiger partial charge in [0, 0.05) is 0 Å². The fraction of sp³-hybridized carbons (Fsp3) is 0.333. The van der Waals surface area contributed by atoms with Gasteiger partial charge in [0.2, 0.25) is 0 Å². The third kappa shape index (κ3) is 0.832. The Morgan fingerprint density at radius 3 is 2.88 bits per heavy atom. The second-order valence-electron chi connectivity index (χ2n) is 1.70. The predicted octanol–water partition coefficient (Wildman–Crippen LogP) is 0.632. The van der Waals surface area contributed by atoms with Crippen molar-refractivity contribution in [1.29, 1.82) is 0 Å². The molecule has 0 spiro atoms. The molecule has 2 nitrogen and oxygen atoms in total. The van der Waals surface area contributed by atoms with Crippen molar-refractivity contribution in [3.05, 3.63) is 25.1 Å². The molecular weight excluding hydrogens is 102 g/mol. The van der Waals surface area contributed by atoms with Crippen LogP contribution in [0.25, 0.3) is 0 Å². The topological polar surface area (TPSA) is 21.3 Å². The van der Waals surface area contributed by atoms with Crippen LogP contribution in [0.1, 0.15) is 0 Å². The van der Waals surface area contributed by atoms with E-state index in [2.05, 4.69) is 18.5 Å². The van der Waals surface area contributed by atoms with E-state index < -0.39 is 0 Å². The van der Waals surface area contributed by atoms with E-state index in [9.17, 15) is 0 Å². The number of nitrogens with one attached hydrogen (secondary N) is 1. The number of hydrogen-bond acceptors (Lipinski definition) is 2. The summed E-state index contributed by atoms with van der Waals surface area (Å²) in [4.78, 5) is 0. The van der Waals surface area contributed by atoms with Gasteiger partial charge in [0.15, 0.2) is 5.88 Å². The van der Waals surface area contributed by atoms with E-state index in [1.165, 1.54) is 0 Å². The van der Waals surface area contributed by atoms with Crippen molar-refractivity contribution >= 4 is 0 Å². The minimum atomic E-state index is 0.127. The van der Waals surface area contributed by atoms with Gasteiger partial charge in [-0.05, 0) is 12.7 Å². The summed E-state index contributed by atoms with van der Waals surface area (Å²) < 4.78 is 5.09. The quantitative estimate of drug-likeness (QED) is 0.501. The molecule has 0 radical (unpaired) electrons. The van der Waals surface area contributed by atoms with E-state index in [0.717, 1.165) is 6.54 Å². The first-order valence-electron chi connectivity index (χ1n) is 2.55. The zero-order valence-corrected chi connectivity index (χ0v) is 4.68. The Morgan fingerprint density at radius 1 is 1.88 bits per heavy atom. The molecule has 1 heterocycles. The van der Waals surface area contributed by atoms with Gasteiger partial charge in [0.1, 0.15) is 6.10 Å². The maximum Gasteiger partial charge on any atom is 0.180 e. The Morgan fingerprint density at radius 2 is 2.62 bits per heavy atom. The summed E-state index contributed by atoms with van der Waals surface area (Å²) in [6.07, 6.45) is 1.88. The maximum absolute atomic E-state index is 5.09. The Kier molecular flexibility index (Phi) is 1.24. The fourth-order valence-electron chi connectivity index (χ4n) is 0.612. The molecule has 0 aliphatic carbocycles. The van der Waals surface area contributed by atoms with Crippen LogP contribution < -0.4 is 5.32 Å². The number of hydrogen-bond donors (Lipinski definition) is 1. The van der Waals surface area contributed by atoms with Crippen LogP contribution >= 0.6 is 0 Å². The molecule has 0 aromatic heterocycles. The summed E-state index contributed by atoms with van der Waals surface area (Å²) in [5, 5.41) is 2.93. The van der Waals surface area contributed by atoms with Crippen LogP contribution in [-0.2, 0) is 4.74 Å². The largest absolute Gasteiger partial charge is 0.470 e. The highest BCUT2D eigenvalue weighted by atomic mass is 16.5. The van der Waals surface area contributed by atoms with Crippen LogP contribution in [0, 0.1) is 0 Å². The zero-order valence-electron chi connectivity index (χ0n) is 4.68. The molecule has 1 aliphatic heterocycles. The average molecular weight is 111 g/mol. The molecule has 1 saturated heterocycles. The predicted molar refractivity (Wildman–Crippen MR) is 32.2 cm³/mol. The molecule has 1 aliphatic rings. The Bertz CT molecular complexity index is 120. The SMILES string of the molecule is C=CC1CNC(=C)O1. The molecule has 0 saturated carbocycles. The standard InChI is InChI=1S/C6H9NO/c1-3-6-4-7-5(2)8-6/h3,6-7H,1-2,4H2. The van der Waals surface area contributed by atoms with Gasteiger partial charge < -0.3 is 10.1 Å². The Balaban J connectivity index is 2.43. The molecule has 44 valence electrons. The molecule has 8 heavy (non-hydrogen) atoms. The minimum absolute atomic E-state index is 0.127. The summed E-state index contributed by atoms with van der Waals surface area (Å²) in [6, 6.07) is 0. The molecular formula is C6H9NO. The van der Waals surface area contributed by atoms with Gasteiger partial charge >= 0.3 is 0 Å². The summed E-state index contributed by atoms with van der Waals surface area (Å²) in [6.45, 7) is 7.95. The molecule has 1 atom stereocenters. The van der Waals surface area contributed by atoms with E-state index in [0.29, 0.717) is 5.88 Å².